The zero-order valence-corrected chi connectivity index (χ0v) is 15.8. The second kappa shape index (κ2) is 8.09. The molecule has 0 atom stereocenters. The molecule has 2 aromatic carbocycles. The van der Waals surface area contributed by atoms with E-state index in [4.69, 9.17) is 11.1 Å². The van der Waals surface area contributed by atoms with Crippen molar-refractivity contribution in [2.24, 2.45) is 0 Å². The van der Waals surface area contributed by atoms with E-state index in [0.717, 1.165) is 5.56 Å². The Bertz CT molecular complexity index is 1010. The SMILES string of the molecule is N=C(c1cccc(F)c1)c1c(N)ccc(NC(=O)Cc2cccnc2)c1Br. The number of nitrogens with two attached hydrogens (primary N) is 1. The maximum atomic E-state index is 13.5. The van der Waals surface area contributed by atoms with Crippen LogP contribution in [0.15, 0.2) is 65.4 Å². The Kier molecular flexibility index (Phi) is 5.61. The third-order valence-electron chi connectivity index (χ3n) is 3.90. The van der Waals surface area contributed by atoms with Crippen molar-refractivity contribution < 1.29 is 9.18 Å². The summed E-state index contributed by atoms with van der Waals surface area (Å²) in [5.41, 5.74) is 8.49. The first kappa shape index (κ1) is 18.7. The number of aromatic nitrogens is 1. The van der Waals surface area contributed by atoms with Crippen LogP contribution in [-0.4, -0.2) is 16.6 Å². The summed E-state index contributed by atoms with van der Waals surface area (Å²) in [5.74, 6) is -0.662. The Balaban J connectivity index is 1.87. The molecule has 0 aliphatic heterocycles. The van der Waals surface area contributed by atoms with Crippen molar-refractivity contribution in [1.29, 1.82) is 5.41 Å². The van der Waals surface area contributed by atoms with Crippen LogP contribution in [0.4, 0.5) is 15.8 Å². The fourth-order valence-electron chi connectivity index (χ4n) is 2.61. The molecular formula is C20H16BrFN4O. The monoisotopic (exact) mass is 426 g/mol. The fourth-order valence-corrected chi connectivity index (χ4v) is 3.27. The predicted molar refractivity (Wildman–Crippen MR) is 107 cm³/mol. The summed E-state index contributed by atoms with van der Waals surface area (Å²) in [4.78, 5) is 16.3. The minimum absolute atomic E-state index is 0.0576. The van der Waals surface area contributed by atoms with Gasteiger partial charge in [0.05, 0.1) is 22.3 Å². The van der Waals surface area contributed by atoms with Crippen molar-refractivity contribution in [3.05, 3.63) is 87.9 Å². The highest BCUT2D eigenvalue weighted by Crippen LogP contribution is 2.33. The number of carbonyl (C=O) groups excluding carboxylic acids is 1. The van der Waals surface area contributed by atoms with Crippen LogP contribution in [-0.2, 0) is 11.2 Å². The average molecular weight is 427 g/mol. The van der Waals surface area contributed by atoms with Gasteiger partial charge in [-0.2, -0.15) is 0 Å². The fraction of sp³-hybridized carbons (Fsp3) is 0.0500. The molecule has 0 unspecified atom stereocenters. The van der Waals surface area contributed by atoms with Gasteiger partial charge in [-0.3, -0.25) is 15.2 Å². The van der Waals surface area contributed by atoms with Crippen molar-refractivity contribution in [3.8, 4) is 0 Å². The van der Waals surface area contributed by atoms with E-state index in [1.54, 1.807) is 36.7 Å². The number of nitrogens with zero attached hydrogens (tertiary/aromatic N) is 1. The number of rotatable bonds is 5. The molecule has 0 saturated heterocycles. The van der Waals surface area contributed by atoms with Gasteiger partial charge in [-0.1, -0.05) is 18.2 Å². The zero-order chi connectivity index (χ0) is 19.4. The van der Waals surface area contributed by atoms with Gasteiger partial charge in [0.1, 0.15) is 5.82 Å². The molecule has 0 bridgehead atoms. The normalized spacial score (nSPS) is 10.4. The first-order chi connectivity index (χ1) is 13.0. The van der Waals surface area contributed by atoms with E-state index >= 15 is 0 Å². The van der Waals surface area contributed by atoms with Crippen LogP contribution in [0.3, 0.4) is 0 Å². The molecule has 0 aliphatic carbocycles. The second-order valence-corrected chi connectivity index (χ2v) is 6.66. The number of hydrogen-bond acceptors (Lipinski definition) is 4. The Morgan fingerprint density at radius 2 is 2.04 bits per heavy atom. The van der Waals surface area contributed by atoms with Gasteiger partial charge < -0.3 is 11.1 Å². The van der Waals surface area contributed by atoms with Crippen LogP contribution in [0, 0.1) is 11.2 Å². The van der Waals surface area contributed by atoms with Gasteiger partial charge in [0.2, 0.25) is 5.91 Å². The number of pyridine rings is 1. The summed E-state index contributed by atoms with van der Waals surface area (Å²) in [6.07, 6.45) is 3.44. The van der Waals surface area contributed by atoms with E-state index in [1.807, 2.05) is 6.07 Å². The predicted octanol–water partition coefficient (Wildman–Crippen LogP) is 4.16. The van der Waals surface area contributed by atoms with E-state index in [0.29, 0.717) is 27.0 Å². The van der Waals surface area contributed by atoms with Crippen molar-refractivity contribution >= 4 is 38.9 Å². The summed E-state index contributed by atoms with van der Waals surface area (Å²) in [6.45, 7) is 0. The Morgan fingerprint density at radius 3 is 2.74 bits per heavy atom. The maximum absolute atomic E-state index is 13.5. The molecule has 0 fully saturated rings. The van der Waals surface area contributed by atoms with Gasteiger partial charge in [0, 0.05) is 29.2 Å². The lowest BCUT2D eigenvalue weighted by atomic mass is 10.00. The summed E-state index contributed by atoms with van der Waals surface area (Å²) >= 11 is 3.42. The minimum atomic E-state index is -0.437. The smallest absolute Gasteiger partial charge is 0.228 e. The van der Waals surface area contributed by atoms with Gasteiger partial charge in [0.25, 0.3) is 0 Å². The molecule has 0 radical (unpaired) electrons. The largest absolute Gasteiger partial charge is 0.398 e. The molecule has 1 amide bonds. The summed E-state index contributed by atoms with van der Waals surface area (Å²) < 4.78 is 14.0. The summed E-state index contributed by atoms with van der Waals surface area (Å²) in [6, 6.07) is 12.6. The highest BCUT2D eigenvalue weighted by molar-refractivity contribution is 9.10. The molecule has 3 rings (SSSR count). The minimum Gasteiger partial charge on any atom is -0.398 e. The number of hydrogen-bond donors (Lipinski definition) is 3. The van der Waals surface area contributed by atoms with E-state index in [1.165, 1.54) is 18.2 Å². The number of halogens is 2. The lowest BCUT2D eigenvalue weighted by Crippen LogP contribution is -2.16. The second-order valence-electron chi connectivity index (χ2n) is 5.86. The van der Waals surface area contributed by atoms with Crippen LogP contribution in [0.2, 0.25) is 0 Å². The first-order valence-corrected chi connectivity index (χ1v) is 8.86. The Labute approximate surface area is 164 Å². The standard InChI is InChI=1S/C20H16BrFN4O/c21-19-16(26-17(27)9-12-3-2-8-25-11-12)7-6-15(23)18(19)20(24)13-4-1-5-14(22)10-13/h1-8,10-11,24H,9,23H2,(H,26,27). The number of nitrogens with one attached hydrogen (secondary N) is 2. The maximum Gasteiger partial charge on any atom is 0.228 e. The number of amides is 1. The van der Waals surface area contributed by atoms with Gasteiger partial charge in [-0.05, 0) is 51.8 Å². The summed E-state index contributed by atoms with van der Waals surface area (Å²) in [5, 5.41) is 11.2. The number of anilines is 2. The van der Waals surface area contributed by atoms with Crippen molar-refractivity contribution in [3.63, 3.8) is 0 Å². The van der Waals surface area contributed by atoms with Gasteiger partial charge in [-0.25, -0.2) is 4.39 Å². The lowest BCUT2D eigenvalue weighted by molar-refractivity contribution is -0.115. The van der Waals surface area contributed by atoms with Gasteiger partial charge in [-0.15, -0.1) is 0 Å². The van der Waals surface area contributed by atoms with Crippen LogP contribution in [0.25, 0.3) is 0 Å². The molecule has 136 valence electrons. The lowest BCUT2D eigenvalue weighted by Gasteiger charge is -2.15. The van der Waals surface area contributed by atoms with Crippen molar-refractivity contribution in [1.82, 2.24) is 4.98 Å². The molecule has 0 aliphatic rings. The molecule has 0 spiro atoms. The van der Waals surface area contributed by atoms with E-state index in [2.05, 4.69) is 26.2 Å². The number of nitrogen functional groups attached to an aromatic ring is 1. The molecular weight excluding hydrogens is 411 g/mol. The van der Waals surface area contributed by atoms with Crippen molar-refractivity contribution in [2.75, 3.05) is 11.1 Å². The van der Waals surface area contributed by atoms with Gasteiger partial charge >= 0.3 is 0 Å². The quantitative estimate of drug-likeness (QED) is 0.422. The van der Waals surface area contributed by atoms with Crippen LogP contribution in [0.1, 0.15) is 16.7 Å². The average Bonchev–Trinajstić information content (AvgIpc) is 2.65. The topological polar surface area (TPSA) is 91.9 Å². The number of carbonyl (C=O) groups is 1. The first-order valence-electron chi connectivity index (χ1n) is 8.07. The van der Waals surface area contributed by atoms with Crippen molar-refractivity contribution in [2.45, 2.75) is 6.42 Å². The highest BCUT2D eigenvalue weighted by Gasteiger charge is 2.17. The summed E-state index contributed by atoms with van der Waals surface area (Å²) in [7, 11) is 0. The molecule has 1 aromatic heterocycles. The third kappa shape index (κ3) is 4.38. The zero-order valence-electron chi connectivity index (χ0n) is 14.2. The Hall–Kier alpha value is -3.06. The van der Waals surface area contributed by atoms with E-state index in [-0.39, 0.29) is 18.0 Å². The van der Waals surface area contributed by atoms with E-state index in [9.17, 15) is 9.18 Å². The van der Waals surface area contributed by atoms with Crippen LogP contribution in [0.5, 0.6) is 0 Å². The van der Waals surface area contributed by atoms with E-state index < -0.39 is 5.82 Å². The van der Waals surface area contributed by atoms with Crippen LogP contribution >= 0.6 is 15.9 Å². The molecule has 7 heteroatoms. The molecule has 4 N–H and O–H groups in total. The number of benzene rings is 2. The molecule has 27 heavy (non-hydrogen) atoms. The van der Waals surface area contributed by atoms with Crippen LogP contribution < -0.4 is 11.1 Å². The molecule has 0 saturated carbocycles. The Morgan fingerprint density at radius 1 is 1.22 bits per heavy atom. The molecule has 1 heterocycles. The molecule has 5 nitrogen and oxygen atoms in total. The highest BCUT2D eigenvalue weighted by atomic mass is 79.9. The molecule has 3 aromatic rings. The van der Waals surface area contributed by atoms with Gasteiger partial charge in [0.15, 0.2) is 0 Å². The third-order valence-corrected chi connectivity index (χ3v) is 4.72.